The number of methoxy groups -OCH3 is 1. The largest absolute Gasteiger partial charge is 0.385 e. The molecule has 2 heterocycles. The molecule has 134 valence electrons. The summed E-state index contributed by atoms with van der Waals surface area (Å²) in [5.41, 5.74) is 1.19. The van der Waals surface area contributed by atoms with E-state index in [0.29, 0.717) is 36.3 Å². The molecule has 3 amide bonds. The third kappa shape index (κ3) is 3.31. The number of likely N-dealkylation sites (tertiary alicyclic amines) is 1. The lowest BCUT2D eigenvalue weighted by atomic mass is 10.0. The molecule has 0 aliphatic carbocycles. The Balaban J connectivity index is 1.80. The predicted molar refractivity (Wildman–Crippen MR) is 92.7 cm³/mol. The molecule has 6 heteroatoms. The summed E-state index contributed by atoms with van der Waals surface area (Å²) < 4.78 is 4.98. The molecule has 0 spiro atoms. The van der Waals surface area contributed by atoms with Gasteiger partial charge < -0.3 is 9.64 Å². The maximum atomic E-state index is 12.8. The number of piperidine rings is 1. The van der Waals surface area contributed by atoms with Gasteiger partial charge in [-0.05, 0) is 50.8 Å². The van der Waals surface area contributed by atoms with Crippen molar-refractivity contribution in [1.29, 1.82) is 0 Å². The highest BCUT2D eigenvalue weighted by Gasteiger charge is 2.36. The van der Waals surface area contributed by atoms with Crippen molar-refractivity contribution in [1.82, 2.24) is 9.80 Å². The maximum absolute atomic E-state index is 12.8. The second-order valence-corrected chi connectivity index (χ2v) is 6.71. The Bertz CT molecular complexity index is 701. The van der Waals surface area contributed by atoms with Crippen LogP contribution in [0.3, 0.4) is 0 Å². The van der Waals surface area contributed by atoms with Crippen molar-refractivity contribution in [3.63, 3.8) is 0 Å². The first-order valence-corrected chi connectivity index (χ1v) is 8.84. The van der Waals surface area contributed by atoms with Crippen LogP contribution in [0.15, 0.2) is 18.2 Å². The van der Waals surface area contributed by atoms with Crippen LogP contribution in [-0.2, 0) is 4.74 Å². The minimum absolute atomic E-state index is 0.0620. The molecule has 1 unspecified atom stereocenters. The van der Waals surface area contributed by atoms with E-state index in [1.165, 1.54) is 4.90 Å². The van der Waals surface area contributed by atoms with Crippen molar-refractivity contribution < 1.29 is 19.1 Å². The molecule has 2 aliphatic heterocycles. The lowest BCUT2D eigenvalue weighted by Crippen LogP contribution is -2.42. The van der Waals surface area contributed by atoms with Crippen molar-refractivity contribution in [3.05, 3.63) is 34.9 Å². The van der Waals surface area contributed by atoms with Gasteiger partial charge in [-0.3, -0.25) is 19.3 Å². The summed E-state index contributed by atoms with van der Waals surface area (Å²) in [7, 11) is 1.59. The molecular formula is C19H24N2O4. The Morgan fingerprint density at radius 2 is 1.96 bits per heavy atom. The summed E-state index contributed by atoms with van der Waals surface area (Å²) in [4.78, 5) is 40.9. The normalized spacial score (nSPS) is 20.2. The predicted octanol–water partition coefficient (Wildman–Crippen LogP) is 2.33. The van der Waals surface area contributed by atoms with E-state index < -0.39 is 0 Å². The topological polar surface area (TPSA) is 66.9 Å². The third-order valence-corrected chi connectivity index (χ3v) is 5.01. The van der Waals surface area contributed by atoms with Gasteiger partial charge in [0.05, 0.1) is 11.1 Å². The number of fused-ring (bicyclic) bond motifs is 1. The first kappa shape index (κ1) is 17.6. The fourth-order valence-electron chi connectivity index (χ4n) is 3.56. The van der Waals surface area contributed by atoms with Gasteiger partial charge in [-0.25, -0.2) is 0 Å². The molecule has 0 saturated carbocycles. The van der Waals surface area contributed by atoms with Crippen molar-refractivity contribution >= 4 is 17.7 Å². The quantitative estimate of drug-likeness (QED) is 0.607. The van der Waals surface area contributed by atoms with E-state index in [2.05, 4.69) is 6.92 Å². The second kappa shape index (κ2) is 7.35. The standard InChI is InChI=1S/C19H24N2O4/c1-13-6-3-4-9-20(13)17(22)14-7-8-15-16(12-14)19(24)21(18(15)23)10-5-11-25-2/h7-8,12-13H,3-6,9-11H2,1-2H3. The van der Waals surface area contributed by atoms with Gasteiger partial charge in [-0.1, -0.05) is 0 Å². The van der Waals surface area contributed by atoms with Crippen LogP contribution in [0.2, 0.25) is 0 Å². The minimum Gasteiger partial charge on any atom is -0.385 e. The zero-order chi connectivity index (χ0) is 18.0. The molecule has 1 aromatic carbocycles. The number of ether oxygens (including phenoxy) is 1. The van der Waals surface area contributed by atoms with E-state index in [0.717, 1.165) is 25.8 Å². The van der Waals surface area contributed by atoms with Crippen LogP contribution in [0.25, 0.3) is 0 Å². The molecule has 1 saturated heterocycles. The average molecular weight is 344 g/mol. The van der Waals surface area contributed by atoms with Crippen molar-refractivity contribution in [2.75, 3.05) is 26.8 Å². The first-order valence-electron chi connectivity index (χ1n) is 8.84. The Morgan fingerprint density at radius 3 is 2.68 bits per heavy atom. The van der Waals surface area contributed by atoms with Crippen molar-refractivity contribution in [2.24, 2.45) is 0 Å². The van der Waals surface area contributed by atoms with Crippen LogP contribution in [-0.4, -0.2) is 60.4 Å². The number of carbonyl (C=O) groups is 3. The Morgan fingerprint density at radius 1 is 1.20 bits per heavy atom. The Kier molecular flexibility index (Phi) is 5.18. The number of benzene rings is 1. The Hall–Kier alpha value is -2.21. The molecule has 1 atom stereocenters. The number of carbonyl (C=O) groups excluding carboxylic acids is 3. The van der Waals surface area contributed by atoms with Gasteiger partial charge in [0.2, 0.25) is 0 Å². The number of hydrogen-bond acceptors (Lipinski definition) is 4. The van der Waals surface area contributed by atoms with E-state index in [4.69, 9.17) is 4.74 Å². The van der Waals surface area contributed by atoms with E-state index in [9.17, 15) is 14.4 Å². The van der Waals surface area contributed by atoms with Crippen LogP contribution in [0, 0.1) is 0 Å². The summed E-state index contributed by atoms with van der Waals surface area (Å²) >= 11 is 0. The lowest BCUT2D eigenvalue weighted by Gasteiger charge is -2.33. The molecule has 3 rings (SSSR count). The molecule has 0 N–H and O–H groups in total. The molecule has 1 fully saturated rings. The number of nitrogens with zero attached hydrogens (tertiary/aromatic N) is 2. The zero-order valence-electron chi connectivity index (χ0n) is 14.8. The fraction of sp³-hybridized carbons (Fsp3) is 0.526. The summed E-state index contributed by atoms with van der Waals surface area (Å²) in [6, 6.07) is 5.05. The van der Waals surface area contributed by atoms with E-state index in [1.807, 2.05) is 4.90 Å². The van der Waals surface area contributed by atoms with Crippen LogP contribution < -0.4 is 0 Å². The molecule has 25 heavy (non-hydrogen) atoms. The SMILES string of the molecule is COCCCN1C(=O)c2ccc(C(=O)N3CCCCC3C)cc2C1=O. The summed E-state index contributed by atoms with van der Waals surface area (Å²) in [5.74, 6) is -0.674. The van der Waals surface area contributed by atoms with Gasteiger partial charge in [-0.15, -0.1) is 0 Å². The average Bonchev–Trinajstić information content (AvgIpc) is 2.86. The van der Waals surface area contributed by atoms with Crippen molar-refractivity contribution in [3.8, 4) is 0 Å². The van der Waals surface area contributed by atoms with Crippen molar-refractivity contribution in [2.45, 2.75) is 38.6 Å². The number of imide groups is 1. The van der Waals surface area contributed by atoms with Crippen LogP contribution in [0.1, 0.15) is 63.7 Å². The van der Waals surface area contributed by atoms with E-state index >= 15 is 0 Å². The second-order valence-electron chi connectivity index (χ2n) is 6.71. The highest BCUT2D eigenvalue weighted by Crippen LogP contribution is 2.26. The monoisotopic (exact) mass is 344 g/mol. The third-order valence-electron chi connectivity index (χ3n) is 5.01. The fourth-order valence-corrected chi connectivity index (χ4v) is 3.56. The van der Waals surface area contributed by atoms with E-state index in [1.54, 1.807) is 25.3 Å². The number of rotatable bonds is 5. The van der Waals surface area contributed by atoms with Gasteiger partial charge in [0.25, 0.3) is 17.7 Å². The number of amides is 3. The van der Waals surface area contributed by atoms with Gasteiger partial charge in [0.1, 0.15) is 0 Å². The summed E-state index contributed by atoms with van der Waals surface area (Å²) in [5, 5.41) is 0. The number of hydrogen-bond donors (Lipinski definition) is 0. The van der Waals surface area contributed by atoms with Gasteiger partial charge in [0.15, 0.2) is 0 Å². The molecule has 6 nitrogen and oxygen atoms in total. The maximum Gasteiger partial charge on any atom is 0.261 e. The smallest absolute Gasteiger partial charge is 0.261 e. The lowest BCUT2D eigenvalue weighted by molar-refractivity contribution is 0.0629. The van der Waals surface area contributed by atoms with Gasteiger partial charge in [0, 0.05) is 38.4 Å². The molecule has 1 aromatic rings. The van der Waals surface area contributed by atoms with Gasteiger partial charge in [-0.2, -0.15) is 0 Å². The minimum atomic E-state index is -0.322. The van der Waals surface area contributed by atoms with E-state index in [-0.39, 0.29) is 23.8 Å². The van der Waals surface area contributed by atoms with Gasteiger partial charge >= 0.3 is 0 Å². The molecule has 2 aliphatic rings. The zero-order valence-corrected chi connectivity index (χ0v) is 14.8. The Labute approximate surface area is 147 Å². The molecule has 0 aromatic heterocycles. The molecular weight excluding hydrogens is 320 g/mol. The molecule has 0 radical (unpaired) electrons. The van der Waals surface area contributed by atoms with Crippen LogP contribution in [0.5, 0.6) is 0 Å². The summed E-state index contributed by atoms with van der Waals surface area (Å²) in [6.45, 7) is 3.61. The highest BCUT2D eigenvalue weighted by molar-refractivity contribution is 6.22. The first-order chi connectivity index (χ1) is 12.0. The van der Waals surface area contributed by atoms with Crippen LogP contribution >= 0.6 is 0 Å². The van der Waals surface area contributed by atoms with Crippen LogP contribution in [0.4, 0.5) is 0 Å². The highest BCUT2D eigenvalue weighted by atomic mass is 16.5. The summed E-state index contributed by atoms with van der Waals surface area (Å²) in [6.07, 6.45) is 3.74. The molecule has 0 bridgehead atoms.